The second-order valence-corrected chi connectivity index (χ2v) is 7.37. The first-order valence-electron chi connectivity index (χ1n) is 8.99. The van der Waals surface area contributed by atoms with Gasteiger partial charge in [0, 0.05) is 22.8 Å². The summed E-state index contributed by atoms with van der Waals surface area (Å²) < 4.78 is 14.5. The van der Waals surface area contributed by atoms with Crippen LogP contribution in [0.3, 0.4) is 0 Å². The molecule has 1 atom stereocenters. The van der Waals surface area contributed by atoms with E-state index in [1.54, 1.807) is 18.2 Å². The van der Waals surface area contributed by atoms with Crippen LogP contribution in [-0.4, -0.2) is 40.6 Å². The first kappa shape index (κ1) is 18.9. The van der Waals surface area contributed by atoms with Crippen LogP contribution in [0, 0.1) is 5.82 Å². The van der Waals surface area contributed by atoms with Crippen molar-refractivity contribution >= 4 is 17.5 Å². The third-order valence-electron chi connectivity index (χ3n) is 4.82. The van der Waals surface area contributed by atoms with Gasteiger partial charge in [-0.1, -0.05) is 31.5 Å². The highest BCUT2D eigenvalue weighted by Crippen LogP contribution is 2.32. The maximum Gasteiger partial charge on any atom is 0.271 e. The fraction of sp³-hybridized carbons (Fsp3) is 0.474. The van der Waals surface area contributed by atoms with Crippen molar-refractivity contribution in [2.24, 2.45) is 0 Å². The molecular weight excluding hydrogens is 355 g/mol. The van der Waals surface area contributed by atoms with Crippen molar-refractivity contribution in [2.75, 3.05) is 19.6 Å². The lowest BCUT2D eigenvalue weighted by molar-refractivity contribution is 0.0932. The van der Waals surface area contributed by atoms with E-state index >= 15 is 0 Å². The minimum Gasteiger partial charge on any atom is -0.349 e. The third-order valence-corrected chi connectivity index (χ3v) is 5.15. The van der Waals surface area contributed by atoms with Gasteiger partial charge in [-0.3, -0.25) is 14.8 Å². The lowest BCUT2D eigenvalue weighted by Crippen LogP contribution is -2.37. The number of likely N-dealkylation sites (tertiary alicyclic amines) is 1. The number of aromatic amines is 1. The normalized spacial score (nSPS) is 16.2. The molecule has 3 rings (SSSR count). The number of nitrogens with zero attached hydrogens (tertiary/aromatic N) is 2. The van der Waals surface area contributed by atoms with E-state index in [1.165, 1.54) is 6.07 Å². The molecule has 1 aromatic heterocycles. The summed E-state index contributed by atoms with van der Waals surface area (Å²) in [4.78, 5) is 14.6. The van der Waals surface area contributed by atoms with Gasteiger partial charge < -0.3 is 5.32 Å². The van der Waals surface area contributed by atoms with Crippen LogP contribution in [0.2, 0.25) is 5.02 Å². The number of rotatable bonds is 6. The molecule has 1 aliphatic heterocycles. The van der Waals surface area contributed by atoms with E-state index in [4.69, 9.17) is 11.6 Å². The Kier molecular flexibility index (Phi) is 5.94. The Hall–Kier alpha value is -1.92. The minimum atomic E-state index is -0.342. The van der Waals surface area contributed by atoms with Crippen molar-refractivity contribution in [3.63, 3.8) is 0 Å². The molecule has 5 nitrogen and oxygen atoms in total. The molecule has 1 amide bonds. The molecule has 2 aromatic rings. The van der Waals surface area contributed by atoms with Crippen molar-refractivity contribution in [1.29, 1.82) is 0 Å². The molecule has 2 heterocycles. The summed E-state index contributed by atoms with van der Waals surface area (Å²) in [5, 5.41) is 10.2. The van der Waals surface area contributed by atoms with E-state index in [2.05, 4.69) is 20.4 Å². The standard InChI is InChI=1S/C19H24ClFN4O/c1-12(2)15-10-16(24-23-15)19(26)22-11-17(25-8-3-4-9-25)18-13(20)6-5-7-14(18)21/h5-7,10,12,17H,3-4,8-9,11H2,1-2H3,(H,22,26)(H,23,24). The highest BCUT2D eigenvalue weighted by Gasteiger charge is 2.28. The third kappa shape index (κ3) is 4.07. The van der Waals surface area contributed by atoms with Crippen molar-refractivity contribution < 1.29 is 9.18 Å². The zero-order chi connectivity index (χ0) is 18.7. The van der Waals surface area contributed by atoms with E-state index in [1.807, 2.05) is 13.8 Å². The molecule has 1 fully saturated rings. The van der Waals surface area contributed by atoms with Gasteiger partial charge in [-0.05, 0) is 50.0 Å². The molecule has 1 unspecified atom stereocenters. The van der Waals surface area contributed by atoms with Gasteiger partial charge in [0.25, 0.3) is 5.91 Å². The van der Waals surface area contributed by atoms with Crippen molar-refractivity contribution in [3.8, 4) is 0 Å². The van der Waals surface area contributed by atoms with Crippen LogP contribution in [0.15, 0.2) is 24.3 Å². The monoisotopic (exact) mass is 378 g/mol. The maximum atomic E-state index is 14.5. The molecule has 0 radical (unpaired) electrons. The SMILES string of the molecule is CC(C)c1cc(C(=O)NCC(c2c(F)cccc2Cl)N2CCCC2)n[nH]1. The molecule has 26 heavy (non-hydrogen) atoms. The van der Waals surface area contributed by atoms with Crippen molar-refractivity contribution in [1.82, 2.24) is 20.4 Å². The first-order chi connectivity index (χ1) is 12.5. The summed E-state index contributed by atoms with van der Waals surface area (Å²) in [7, 11) is 0. The molecule has 1 saturated heterocycles. The summed E-state index contributed by atoms with van der Waals surface area (Å²) in [6, 6.07) is 6.15. The smallest absolute Gasteiger partial charge is 0.271 e. The summed E-state index contributed by atoms with van der Waals surface area (Å²) in [6.45, 7) is 6.07. The summed E-state index contributed by atoms with van der Waals surface area (Å²) in [5.41, 5.74) is 1.69. The number of hydrogen-bond acceptors (Lipinski definition) is 3. The Labute approximate surface area is 157 Å². The Morgan fingerprint density at radius 3 is 2.73 bits per heavy atom. The van der Waals surface area contributed by atoms with Gasteiger partial charge in [0.05, 0.1) is 6.04 Å². The predicted octanol–water partition coefficient (Wildman–Crippen LogP) is 3.89. The fourth-order valence-corrected chi connectivity index (χ4v) is 3.61. The van der Waals surface area contributed by atoms with Gasteiger partial charge in [0.2, 0.25) is 0 Å². The van der Waals surface area contributed by atoms with Crippen LogP contribution in [0.1, 0.15) is 60.4 Å². The van der Waals surface area contributed by atoms with Crippen LogP contribution < -0.4 is 5.32 Å². The zero-order valence-corrected chi connectivity index (χ0v) is 15.8. The molecule has 140 valence electrons. The number of carbonyl (C=O) groups is 1. The van der Waals surface area contributed by atoms with Gasteiger partial charge in [0.15, 0.2) is 0 Å². The Morgan fingerprint density at radius 2 is 2.12 bits per heavy atom. The van der Waals surface area contributed by atoms with E-state index in [0.29, 0.717) is 16.3 Å². The number of benzene rings is 1. The van der Waals surface area contributed by atoms with E-state index in [0.717, 1.165) is 31.6 Å². The second kappa shape index (κ2) is 8.18. The summed E-state index contributed by atoms with van der Waals surface area (Å²) in [5.74, 6) is -0.353. The number of amides is 1. The topological polar surface area (TPSA) is 61.0 Å². The molecule has 0 spiro atoms. The molecule has 0 aliphatic carbocycles. The minimum absolute atomic E-state index is 0.263. The average Bonchev–Trinajstić information content (AvgIpc) is 3.28. The van der Waals surface area contributed by atoms with Gasteiger partial charge in [0.1, 0.15) is 11.5 Å². The van der Waals surface area contributed by atoms with Crippen molar-refractivity contribution in [3.05, 3.63) is 52.1 Å². The lowest BCUT2D eigenvalue weighted by Gasteiger charge is -2.29. The summed E-state index contributed by atoms with van der Waals surface area (Å²) >= 11 is 6.28. The van der Waals surface area contributed by atoms with Crippen LogP contribution in [0.25, 0.3) is 0 Å². The van der Waals surface area contributed by atoms with Crippen LogP contribution in [-0.2, 0) is 0 Å². The second-order valence-electron chi connectivity index (χ2n) is 6.97. The molecule has 2 N–H and O–H groups in total. The van der Waals surface area contributed by atoms with Crippen molar-refractivity contribution in [2.45, 2.75) is 38.6 Å². The Balaban J connectivity index is 1.76. The quantitative estimate of drug-likeness (QED) is 0.801. The Bertz CT molecular complexity index is 750. The average molecular weight is 379 g/mol. The number of nitrogens with one attached hydrogen (secondary N) is 2. The van der Waals surface area contributed by atoms with Gasteiger partial charge >= 0.3 is 0 Å². The zero-order valence-electron chi connectivity index (χ0n) is 15.1. The number of aromatic nitrogens is 2. The van der Waals surface area contributed by atoms with Gasteiger partial charge in [-0.2, -0.15) is 5.10 Å². The van der Waals surface area contributed by atoms with Crippen LogP contribution in [0.4, 0.5) is 4.39 Å². The molecule has 1 aromatic carbocycles. The highest BCUT2D eigenvalue weighted by atomic mass is 35.5. The summed E-state index contributed by atoms with van der Waals surface area (Å²) in [6.07, 6.45) is 2.13. The largest absolute Gasteiger partial charge is 0.349 e. The molecule has 0 bridgehead atoms. The predicted molar refractivity (Wildman–Crippen MR) is 100.0 cm³/mol. The Morgan fingerprint density at radius 1 is 1.38 bits per heavy atom. The molecule has 1 aliphatic rings. The van der Waals surface area contributed by atoms with Gasteiger partial charge in [-0.15, -0.1) is 0 Å². The van der Waals surface area contributed by atoms with E-state index in [-0.39, 0.29) is 30.2 Å². The number of H-pyrrole nitrogens is 1. The molecular formula is C19H24ClFN4O. The fourth-order valence-electron chi connectivity index (χ4n) is 3.32. The number of carbonyl (C=O) groups excluding carboxylic acids is 1. The number of halogens is 2. The molecule has 0 saturated carbocycles. The van der Waals surface area contributed by atoms with Crippen LogP contribution in [0.5, 0.6) is 0 Å². The molecule has 7 heteroatoms. The van der Waals surface area contributed by atoms with E-state index in [9.17, 15) is 9.18 Å². The van der Waals surface area contributed by atoms with E-state index < -0.39 is 0 Å². The number of hydrogen-bond donors (Lipinski definition) is 2. The van der Waals surface area contributed by atoms with Gasteiger partial charge in [-0.25, -0.2) is 4.39 Å². The first-order valence-corrected chi connectivity index (χ1v) is 9.36. The highest BCUT2D eigenvalue weighted by molar-refractivity contribution is 6.31. The maximum absolute atomic E-state index is 14.5. The lowest BCUT2D eigenvalue weighted by atomic mass is 10.0. The van der Waals surface area contributed by atoms with Crippen LogP contribution >= 0.6 is 11.6 Å².